The first kappa shape index (κ1) is 21.3. The Morgan fingerprint density at radius 2 is 1.79 bits per heavy atom. The number of hydrogen-bond donors (Lipinski definition) is 2. The molecule has 0 aliphatic rings. The fourth-order valence-electron chi connectivity index (χ4n) is 2.46. The second-order valence-electron chi connectivity index (χ2n) is 6.57. The molecule has 0 fully saturated rings. The quantitative estimate of drug-likeness (QED) is 0.754. The van der Waals surface area contributed by atoms with Crippen LogP contribution >= 0.6 is 0 Å². The van der Waals surface area contributed by atoms with Crippen LogP contribution in [0.3, 0.4) is 0 Å². The third-order valence-corrected chi connectivity index (χ3v) is 3.92. The highest BCUT2D eigenvalue weighted by molar-refractivity contribution is 5.95. The summed E-state index contributed by atoms with van der Waals surface area (Å²) >= 11 is 0. The van der Waals surface area contributed by atoms with E-state index in [0.717, 1.165) is 23.3 Å². The van der Waals surface area contributed by atoms with Crippen LogP contribution in [0.5, 0.6) is 5.75 Å². The molecule has 0 radical (unpaired) electrons. The summed E-state index contributed by atoms with van der Waals surface area (Å²) in [7, 11) is 0. The topological polar surface area (TPSA) is 67.4 Å². The molecule has 2 amide bonds. The normalized spacial score (nSPS) is 11.2. The van der Waals surface area contributed by atoms with Gasteiger partial charge in [-0.2, -0.15) is 13.2 Å². The van der Waals surface area contributed by atoms with Gasteiger partial charge in [0.25, 0.3) is 11.8 Å². The number of halogens is 3. The van der Waals surface area contributed by atoms with Crippen LogP contribution in [-0.2, 0) is 11.0 Å². The number of hydrazine groups is 1. The lowest BCUT2D eigenvalue weighted by atomic mass is 10.0. The van der Waals surface area contributed by atoms with E-state index >= 15 is 0 Å². The molecule has 2 rings (SSSR count). The standard InChI is InChI=1S/C20H21F3N2O3/c1-12(2)16-8-7-13(3)9-17(16)28-11-18(26)24-25-19(27)14-5-4-6-15(10-14)20(21,22)23/h4-10,12H,11H2,1-3H3,(H,24,26)(H,25,27). The Labute approximate surface area is 160 Å². The minimum absolute atomic E-state index is 0.194. The number of amides is 2. The Morgan fingerprint density at radius 1 is 1.07 bits per heavy atom. The van der Waals surface area contributed by atoms with Crippen LogP contribution in [0.15, 0.2) is 42.5 Å². The van der Waals surface area contributed by atoms with Crippen LogP contribution in [0.25, 0.3) is 0 Å². The van der Waals surface area contributed by atoms with Crippen LogP contribution in [0.2, 0.25) is 0 Å². The Bertz CT molecular complexity index is 864. The lowest BCUT2D eigenvalue weighted by Gasteiger charge is -2.15. The highest BCUT2D eigenvalue weighted by Crippen LogP contribution is 2.29. The highest BCUT2D eigenvalue weighted by Gasteiger charge is 2.30. The molecule has 0 heterocycles. The molecule has 28 heavy (non-hydrogen) atoms. The van der Waals surface area contributed by atoms with Crippen molar-refractivity contribution in [2.45, 2.75) is 32.9 Å². The number of nitrogens with one attached hydrogen (secondary N) is 2. The summed E-state index contributed by atoms with van der Waals surface area (Å²) in [6.45, 7) is 5.53. The van der Waals surface area contributed by atoms with Crippen LogP contribution in [0.4, 0.5) is 13.2 Å². The van der Waals surface area contributed by atoms with Crippen molar-refractivity contribution >= 4 is 11.8 Å². The molecule has 2 aromatic carbocycles. The first-order valence-corrected chi connectivity index (χ1v) is 8.57. The van der Waals surface area contributed by atoms with Gasteiger partial charge in [0, 0.05) is 5.56 Å². The van der Waals surface area contributed by atoms with Crippen molar-refractivity contribution in [1.82, 2.24) is 10.9 Å². The van der Waals surface area contributed by atoms with Gasteiger partial charge in [-0.25, -0.2) is 0 Å². The van der Waals surface area contributed by atoms with E-state index in [-0.39, 0.29) is 18.1 Å². The maximum absolute atomic E-state index is 12.7. The molecular weight excluding hydrogens is 373 g/mol. The molecular formula is C20H21F3N2O3. The van der Waals surface area contributed by atoms with Crippen molar-refractivity contribution in [2.24, 2.45) is 0 Å². The zero-order valence-corrected chi connectivity index (χ0v) is 15.7. The molecule has 150 valence electrons. The van der Waals surface area contributed by atoms with Crippen molar-refractivity contribution in [3.05, 3.63) is 64.7 Å². The minimum atomic E-state index is -4.56. The van der Waals surface area contributed by atoms with Crippen molar-refractivity contribution in [2.75, 3.05) is 6.61 Å². The number of hydrogen-bond acceptors (Lipinski definition) is 3. The summed E-state index contributed by atoms with van der Waals surface area (Å²) in [4.78, 5) is 23.9. The first-order chi connectivity index (χ1) is 13.1. The molecule has 0 saturated carbocycles. The van der Waals surface area contributed by atoms with E-state index in [1.807, 2.05) is 39.0 Å². The molecule has 0 aliphatic heterocycles. The van der Waals surface area contributed by atoms with Crippen LogP contribution in [0, 0.1) is 6.92 Å². The second kappa shape index (κ2) is 8.77. The number of carbonyl (C=O) groups is 2. The predicted octanol–water partition coefficient (Wildman–Crippen LogP) is 3.98. The van der Waals surface area contributed by atoms with E-state index in [1.165, 1.54) is 6.07 Å². The van der Waals surface area contributed by atoms with E-state index in [2.05, 4.69) is 10.9 Å². The number of ether oxygens (including phenoxy) is 1. The second-order valence-corrected chi connectivity index (χ2v) is 6.57. The van der Waals surface area contributed by atoms with Crippen LogP contribution < -0.4 is 15.6 Å². The van der Waals surface area contributed by atoms with Gasteiger partial charge in [-0.05, 0) is 48.2 Å². The first-order valence-electron chi connectivity index (χ1n) is 8.57. The minimum Gasteiger partial charge on any atom is -0.483 e. The van der Waals surface area contributed by atoms with Gasteiger partial charge in [0.2, 0.25) is 0 Å². The number of carbonyl (C=O) groups excluding carboxylic acids is 2. The smallest absolute Gasteiger partial charge is 0.416 e. The number of rotatable bonds is 5. The lowest BCUT2D eigenvalue weighted by molar-refractivity contribution is -0.137. The van der Waals surface area contributed by atoms with E-state index in [0.29, 0.717) is 11.8 Å². The molecule has 0 spiro atoms. The molecule has 5 nitrogen and oxygen atoms in total. The SMILES string of the molecule is Cc1ccc(C(C)C)c(OCC(=O)NNC(=O)c2cccc(C(F)(F)F)c2)c1. The predicted molar refractivity (Wildman–Crippen MR) is 97.8 cm³/mol. The largest absolute Gasteiger partial charge is 0.483 e. The summed E-state index contributed by atoms with van der Waals surface area (Å²) in [5.41, 5.74) is 4.94. The van der Waals surface area contributed by atoms with Crippen molar-refractivity contribution in [1.29, 1.82) is 0 Å². The Morgan fingerprint density at radius 3 is 2.43 bits per heavy atom. The average molecular weight is 394 g/mol. The number of alkyl halides is 3. The Balaban J connectivity index is 1.93. The molecule has 0 unspecified atom stereocenters. The van der Waals surface area contributed by atoms with Gasteiger partial charge in [0.05, 0.1) is 5.56 Å². The molecule has 8 heteroatoms. The third kappa shape index (κ3) is 5.73. The summed E-state index contributed by atoms with van der Waals surface area (Å²) in [6.07, 6.45) is -4.56. The van der Waals surface area contributed by atoms with E-state index in [1.54, 1.807) is 0 Å². The molecule has 2 N–H and O–H groups in total. The molecule has 0 bridgehead atoms. The number of benzene rings is 2. The average Bonchev–Trinajstić information content (AvgIpc) is 2.63. The van der Waals surface area contributed by atoms with Crippen LogP contribution in [-0.4, -0.2) is 18.4 Å². The number of aryl methyl sites for hydroxylation is 1. The van der Waals surface area contributed by atoms with Crippen molar-refractivity contribution in [3.8, 4) is 5.75 Å². The summed E-state index contributed by atoms with van der Waals surface area (Å²) in [5, 5.41) is 0. The lowest BCUT2D eigenvalue weighted by Crippen LogP contribution is -2.43. The van der Waals surface area contributed by atoms with Crippen molar-refractivity contribution in [3.63, 3.8) is 0 Å². The summed E-state index contributed by atoms with van der Waals surface area (Å²) in [6, 6.07) is 9.57. The zero-order chi connectivity index (χ0) is 20.9. The Hall–Kier alpha value is -3.03. The van der Waals surface area contributed by atoms with Gasteiger partial charge in [0.15, 0.2) is 6.61 Å². The van der Waals surface area contributed by atoms with Crippen molar-refractivity contribution < 1.29 is 27.5 Å². The van der Waals surface area contributed by atoms with Gasteiger partial charge >= 0.3 is 6.18 Å². The highest BCUT2D eigenvalue weighted by atomic mass is 19.4. The maximum Gasteiger partial charge on any atom is 0.416 e. The van der Waals surface area contributed by atoms with Gasteiger partial charge in [0.1, 0.15) is 5.75 Å². The summed E-state index contributed by atoms with van der Waals surface area (Å²) < 4.78 is 43.7. The molecule has 0 saturated heterocycles. The molecule has 0 aromatic heterocycles. The monoisotopic (exact) mass is 394 g/mol. The molecule has 0 atom stereocenters. The van der Waals surface area contributed by atoms with Gasteiger partial charge < -0.3 is 4.74 Å². The summed E-state index contributed by atoms with van der Waals surface area (Å²) in [5.74, 6) is -0.747. The van der Waals surface area contributed by atoms with E-state index < -0.39 is 23.6 Å². The maximum atomic E-state index is 12.7. The van der Waals surface area contributed by atoms with Crippen LogP contribution in [0.1, 0.15) is 46.8 Å². The fraction of sp³-hybridized carbons (Fsp3) is 0.300. The molecule has 0 aliphatic carbocycles. The molecule has 2 aromatic rings. The van der Waals surface area contributed by atoms with E-state index in [9.17, 15) is 22.8 Å². The van der Waals surface area contributed by atoms with Gasteiger partial charge in [-0.15, -0.1) is 0 Å². The fourth-order valence-corrected chi connectivity index (χ4v) is 2.46. The third-order valence-electron chi connectivity index (χ3n) is 3.92. The van der Waals surface area contributed by atoms with Gasteiger partial charge in [-0.3, -0.25) is 20.4 Å². The van der Waals surface area contributed by atoms with E-state index in [4.69, 9.17) is 4.74 Å². The van der Waals surface area contributed by atoms with Gasteiger partial charge in [-0.1, -0.05) is 32.0 Å². The Kier molecular flexibility index (Phi) is 6.66. The zero-order valence-electron chi connectivity index (χ0n) is 15.7.